The van der Waals surface area contributed by atoms with Crippen LogP contribution >= 0.6 is 11.6 Å². The van der Waals surface area contributed by atoms with Crippen LogP contribution in [0.25, 0.3) is 0 Å². The van der Waals surface area contributed by atoms with E-state index in [4.69, 9.17) is 21.1 Å². The molecule has 0 saturated heterocycles. The van der Waals surface area contributed by atoms with Crippen LogP contribution < -0.4 is 9.04 Å². The lowest BCUT2D eigenvalue weighted by Crippen LogP contribution is -2.37. The summed E-state index contributed by atoms with van der Waals surface area (Å²) in [4.78, 5) is 22.4. The summed E-state index contributed by atoms with van der Waals surface area (Å²) in [6.07, 6.45) is 0. The molecule has 0 bridgehead atoms. The van der Waals surface area contributed by atoms with Crippen molar-refractivity contribution in [2.75, 3.05) is 24.6 Å². The maximum atomic E-state index is 13.3. The zero-order chi connectivity index (χ0) is 21.8. The Hall–Kier alpha value is -2.85. The molecule has 0 N–H and O–H groups in total. The Morgan fingerprint density at radius 3 is 2.48 bits per heavy atom. The highest BCUT2D eigenvalue weighted by atomic mass is 35.5. The third-order valence-corrected chi connectivity index (χ3v) is 6.01. The summed E-state index contributed by atoms with van der Waals surface area (Å²) in [5, 5.41) is 11.2. The summed E-state index contributed by atoms with van der Waals surface area (Å²) < 4.78 is 37.3. The molecule has 29 heavy (non-hydrogen) atoms. The molecule has 2 rings (SSSR count). The second kappa shape index (κ2) is 9.10. The van der Waals surface area contributed by atoms with Crippen molar-refractivity contribution in [3.05, 3.63) is 57.1 Å². The first-order valence-corrected chi connectivity index (χ1v) is 10.2. The van der Waals surface area contributed by atoms with Crippen molar-refractivity contribution in [1.29, 1.82) is 0 Å². The number of carbonyl (C=O) groups is 1. The molecule has 0 amide bonds. The van der Waals surface area contributed by atoms with Gasteiger partial charge in [-0.3, -0.25) is 19.2 Å². The first kappa shape index (κ1) is 22.4. The average molecular weight is 443 g/mol. The van der Waals surface area contributed by atoms with Gasteiger partial charge in [-0.1, -0.05) is 17.7 Å². The topological polar surface area (TPSA) is 116 Å². The monoisotopic (exact) mass is 442 g/mol. The van der Waals surface area contributed by atoms with Crippen LogP contribution in [-0.2, 0) is 19.6 Å². The predicted octanol–water partition coefficient (Wildman–Crippen LogP) is 3.32. The number of nitrogens with zero attached hydrogens (tertiary/aromatic N) is 2. The minimum Gasteiger partial charge on any atom is -0.495 e. The van der Waals surface area contributed by atoms with Gasteiger partial charge in [0.05, 0.1) is 34.2 Å². The lowest BCUT2D eigenvalue weighted by molar-refractivity contribution is -0.384. The summed E-state index contributed by atoms with van der Waals surface area (Å²) in [6.45, 7) is 2.54. The van der Waals surface area contributed by atoms with Crippen LogP contribution in [0, 0.1) is 17.0 Å². The predicted molar refractivity (Wildman–Crippen MR) is 107 cm³/mol. The molecule has 0 aliphatic heterocycles. The number of hydrogen-bond donors (Lipinski definition) is 0. The number of rotatable bonds is 8. The van der Waals surface area contributed by atoms with Gasteiger partial charge in [-0.15, -0.1) is 0 Å². The average Bonchev–Trinajstić information content (AvgIpc) is 2.66. The number of nitro benzene ring substituents is 1. The second-order valence-corrected chi connectivity index (χ2v) is 8.11. The fourth-order valence-electron chi connectivity index (χ4n) is 2.54. The largest absolute Gasteiger partial charge is 0.495 e. The number of halogens is 1. The van der Waals surface area contributed by atoms with Crippen LogP contribution in [0.15, 0.2) is 41.3 Å². The molecule has 11 heteroatoms. The third kappa shape index (κ3) is 4.96. The lowest BCUT2D eigenvalue weighted by Gasteiger charge is -2.25. The van der Waals surface area contributed by atoms with Crippen molar-refractivity contribution in [1.82, 2.24) is 0 Å². The maximum Gasteiger partial charge on any atom is 0.326 e. The molecule has 0 fully saturated rings. The van der Waals surface area contributed by atoms with Gasteiger partial charge >= 0.3 is 5.97 Å². The molecule has 9 nitrogen and oxygen atoms in total. The van der Waals surface area contributed by atoms with Gasteiger partial charge in [0, 0.05) is 12.1 Å². The molecule has 0 saturated carbocycles. The Bertz CT molecular complexity index is 1040. The Morgan fingerprint density at radius 1 is 1.24 bits per heavy atom. The van der Waals surface area contributed by atoms with Crippen molar-refractivity contribution < 1.29 is 27.6 Å². The number of non-ortho nitro benzene ring substituents is 1. The Kier molecular flexibility index (Phi) is 7.04. The number of nitro groups is 1. The van der Waals surface area contributed by atoms with Gasteiger partial charge in [0.25, 0.3) is 15.7 Å². The zero-order valence-corrected chi connectivity index (χ0v) is 17.5. The van der Waals surface area contributed by atoms with Crippen LogP contribution in [0.1, 0.15) is 12.5 Å². The third-order valence-electron chi connectivity index (χ3n) is 3.96. The Labute approximate surface area is 173 Å². The molecule has 0 radical (unpaired) electrons. The molecule has 0 aromatic heterocycles. The highest BCUT2D eigenvalue weighted by molar-refractivity contribution is 7.92. The molecule has 156 valence electrons. The van der Waals surface area contributed by atoms with Gasteiger partial charge in [-0.05, 0) is 37.6 Å². The van der Waals surface area contributed by atoms with Gasteiger partial charge in [0.2, 0.25) is 0 Å². The molecule has 2 aromatic rings. The van der Waals surface area contributed by atoms with E-state index < -0.39 is 27.5 Å². The van der Waals surface area contributed by atoms with Gasteiger partial charge in [-0.2, -0.15) is 0 Å². The van der Waals surface area contributed by atoms with E-state index in [9.17, 15) is 23.3 Å². The molecule has 0 atom stereocenters. The molecule has 2 aromatic carbocycles. The lowest BCUT2D eigenvalue weighted by atomic mass is 10.2. The fourth-order valence-corrected chi connectivity index (χ4v) is 4.35. The summed E-state index contributed by atoms with van der Waals surface area (Å²) >= 11 is 6.05. The van der Waals surface area contributed by atoms with Crippen LogP contribution in [0.3, 0.4) is 0 Å². The second-order valence-electron chi connectivity index (χ2n) is 5.84. The van der Waals surface area contributed by atoms with E-state index in [1.807, 2.05) is 0 Å². The van der Waals surface area contributed by atoms with Crippen molar-refractivity contribution >= 4 is 39.0 Å². The molecule has 0 spiro atoms. The number of aryl methyl sites for hydroxylation is 1. The normalized spacial score (nSPS) is 11.0. The maximum absolute atomic E-state index is 13.3. The Balaban J connectivity index is 2.64. The van der Waals surface area contributed by atoms with E-state index >= 15 is 0 Å². The fraction of sp³-hybridized carbons (Fsp3) is 0.278. The SMILES string of the molecule is CCOC(=O)CN(c1cc([N+](=O)[O-])ccc1C)S(=O)(=O)c1ccc(OC)c(Cl)c1. The molecule has 0 heterocycles. The molecule has 0 unspecified atom stereocenters. The van der Waals surface area contributed by atoms with Crippen LogP contribution in [0.2, 0.25) is 5.02 Å². The van der Waals surface area contributed by atoms with Gasteiger partial charge in [0.1, 0.15) is 12.3 Å². The number of carbonyl (C=O) groups excluding carboxylic acids is 1. The van der Waals surface area contributed by atoms with Gasteiger partial charge in [-0.25, -0.2) is 8.42 Å². The molecule has 0 aliphatic rings. The van der Waals surface area contributed by atoms with Crippen molar-refractivity contribution in [3.63, 3.8) is 0 Å². The van der Waals surface area contributed by atoms with Crippen LogP contribution in [0.5, 0.6) is 5.75 Å². The van der Waals surface area contributed by atoms with E-state index in [0.717, 1.165) is 10.4 Å². The minimum absolute atomic E-state index is 0.0146. The Morgan fingerprint density at radius 2 is 1.93 bits per heavy atom. The number of ether oxygens (including phenoxy) is 2. The van der Waals surface area contributed by atoms with E-state index in [1.165, 1.54) is 37.4 Å². The van der Waals surface area contributed by atoms with E-state index in [1.54, 1.807) is 13.8 Å². The van der Waals surface area contributed by atoms with Gasteiger partial charge < -0.3 is 9.47 Å². The van der Waals surface area contributed by atoms with E-state index in [0.29, 0.717) is 5.56 Å². The quantitative estimate of drug-likeness (QED) is 0.349. The highest BCUT2D eigenvalue weighted by Gasteiger charge is 2.30. The smallest absolute Gasteiger partial charge is 0.326 e. The summed E-state index contributed by atoms with van der Waals surface area (Å²) in [7, 11) is -2.93. The number of methoxy groups -OCH3 is 1. The highest BCUT2D eigenvalue weighted by Crippen LogP contribution is 2.33. The van der Waals surface area contributed by atoms with Crippen molar-refractivity contribution in [2.24, 2.45) is 0 Å². The zero-order valence-electron chi connectivity index (χ0n) is 15.9. The standard InChI is InChI=1S/C18H19ClN2O7S/c1-4-28-18(22)11-20(16-9-13(21(23)24)6-5-12(16)2)29(25,26)14-7-8-17(27-3)15(19)10-14/h5-10H,4,11H2,1-3H3. The molecule has 0 aliphatic carbocycles. The number of hydrogen-bond acceptors (Lipinski definition) is 7. The van der Waals surface area contributed by atoms with Gasteiger partial charge in [0.15, 0.2) is 0 Å². The van der Waals surface area contributed by atoms with Crippen molar-refractivity contribution in [2.45, 2.75) is 18.7 Å². The molecular weight excluding hydrogens is 424 g/mol. The minimum atomic E-state index is -4.31. The van der Waals surface area contributed by atoms with E-state index in [-0.39, 0.29) is 33.6 Å². The first-order valence-electron chi connectivity index (χ1n) is 8.38. The van der Waals surface area contributed by atoms with Crippen molar-refractivity contribution in [3.8, 4) is 5.75 Å². The number of sulfonamides is 1. The number of esters is 1. The first-order chi connectivity index (χ1) is 13.6. The summed E-state index contributed by atoms with van der Waals surface area (Å²) in [5.41, 5.74) is 0.0877. The van der Waals surface area contributed by atoms with Crippen LogP contribution in [-0.4, -0.2) is 39.6 Å². The molecular formula is C18H19ClN2O7S. The number of anilines is 1. The van der Waals surface area contributed by atoms with Crippen LogP contribution in [0.4, 0.5) is 11.4 Å². The number of benzene rings is 2. The summed E-state index contributed by atoms with van der Waals surface area (Å²) in [6, 6.07) is 7.57. The summed E-state index contributed by atoms with van der Waals surface area (Å²) in [5.74, 6) is -0.532. The van der Waals surface area contributed by atoms with E-state index in [2.05, 4.69) is 0 Å².